The van der Waals surface area contributed by atoms with E-state index in [-0.39, 0.29) is 6.61 Å². The molecule has 0 saturated carbocycles. The topological polar surface area (TPSA) is 59.2 Å². The second kappa shape index (κ2) is 3.27. The van der Waals surface area contributed by atoms with E-state index in [9.17, 15) is 0 Å². The fraction of sp³-hybridized carbons (Fsp3) is 0.250. The monoisotopic (exact) mass is 196 g/mol. The Bertz CT molecular complexity index is 408. The van der Waals surface area contributed by atoms with Crippen molar-refractivity contribution in [1.82, 2.24) is 9.97 Å². The van der Waals surface area contributed by atoms with Gasteiger partial charge >= 0.3 is 0 Å². The first-order valence-corrected chi connectivity index (χ1v) is 4.59. The average molecular weight is 196 g/mol. The van der Waals surface area contributed by atoms with Crippen LogP contribution in [0.3, 0.4) is 0 Å². The molecule has 0 aliphatic rings. The summed E-state index contributed by atoms with van der Waals surface area (Å²) in [7, 11) is 0. The minimum atomic E-state index is -0.108. The molecular formula is C8H8N2O2S. The lowest BCUT2D eigenvalue weighted by Crippen LogP contribution is -1.84. The van der Waals surface area contributed by atoms with Gasteiger partial charge in [0, 0.05) is 6.20 Å². The first-order chi connectivity index (χ1) is 6.31. The molecule has 0 aromatic carbocycles. The molecule has 68 valence electrons. The van der Waals surface area contributed by atoms with Crippen molar-refractivity contribution >= 4 is 11.3 Å². The van der Waals surface area contributed by atoms with E-state index in [4.69, 9.17) is 9.52 Å². The van der Waals surface area contributed by atoms with E-state index >= 15 is 0 Å². The third kappa shape index (κ3) is 1.48. The van der Waals surface area contributed by atoms with Gasteiger partial charge in [0.15, 0.2) is 12.2 Å². The van der Waals surface area contributed by atoms with Gasteiger partial charge in [0.25, 0.3) is 0 Å². The standard InChI is InChI=1S/C8H8N2O2S/c1-5-9-2-7(13-5)8-6(3-11)10-4-12-8/h2,4,11H,3H2,1H3. The van der Waals surface area contributed by atoms with Crippen LogP contribution < -0.4 is 0 Å². The second-order valence-corrected chi connectivity index (χ2v) is 3.76. The van der Waals surface area contributed by atoms with Crippen LogP contribution >= 0.6 is 11.3 Å². The summed E-state index contributed by atoms with van der Waals surface area (Å²) in [5, 5.41) is 9.91. The normalized spacial score (nSPS) is 10.6. The summed E-state index contributed by atoms with van der Waals surface area (Å²) in [6, 6.07) is 0. The van der Waals surface area contributed by atoms with Crippen LogP contribution in [0.15, 0.2) is 17.0 Å². The lowest BCUT2D eigenvalue weighted by molar-refractivity contribution is 0.277. The lowest BCUT2D eigenvalue weighted by Gasteiger charge is -1.91. The SMILES string of the molecule is Cc1ncc(-c2ocnc2CO)s1. The molecule has 1 N–H and O–H groups in total. The van der Waals surface area contributed by atoms with Crippen LogP contribution in [0, 0.1) is 6.92 Å². The quantitative estimate of drug-likeness (QED) is 0.792. The highest BCUT2D eigenvalue weighted by Gasteiger charge is 2.11. The molecule has 0 atom stereocenters. The van der Waals surface area contributed by atoms with E-state index in [1.54, 1.807) is 6.20 Å². The van der Waals surface area contributed by atoms with Gasteiger partial charge in [-0.2, -0.15) is 0 Å². The minimum Gasteiger partial charge on any atom is -0.442 e. The van der Waals surface area contributed by atoms with E-state index in [1.165, 1.54) is 17.7 Å². The number of aliphatic hydroxyl groups excluding tert-OH is 1. The maximum absolute atomic E-state index is 8.94. The van der Waals surface area contributed by atoms with Gasteiger partial charge in [0.05, 0.1) is 16.5 Å². The molecule has 13 heavy (non-hydrogen) atoms. The summed E-state index contributed by atoms with van der Waals surface area (Å²) in [6.07, 6.45) is 3.05. The maximum atomic E-state index is 8.94. The predicted octanol–water partition coefficient (Wildman–Crippen LogP) is 1.60. The molecular weight excluding hydrogens is 188 g/mol. The molecule has 0 unspecified atom stereocenters. The first kappa shape index (κ1) is 8.40. The van der Waals surface area contributed by atoms with Crippen molar-refractivity contribution in [2.45, 2.75) is 13.5 Å². The third-order valence-electron chi connectivity index (χ3n) is 1.64. The van der Waals surface area contributed by atoms with Crippen LogP contribution in [0.2, 0.25) is 0 Å². The van der Waals surface area contributed by atoms with Crippen LogP contribution in [0.25, 0.3) is 10.6 Å². The number of oxazole rings is 1. The van der Waals surface area contributed by atoms with Crippen LogP contribution in [-0.4, -0.2) is 15.1 Å². The number of nitrogens with zero attached hydrogens (tertiary/aromatic N) is 2. The van der Waals surface area contributed by atoms with Crippen molar-refractivity contribution in [1.29, 1.82) is 0 Å². The molecule has 0 saturated heterocycles. The van der Waals surface area contributed by atoms with Gasteiger partial charge in [0.1, 0.15) is 5.69 Å². The molecule has 0 amide bonds. The van der Waals surface area contributed by atoms with E-state index < -0.39 is 0 Å². The fourth-order valence-electron chi connectivity index (χ4n) is 1.05. The summed E-state index contributed by atoms with van der Waals surface area (Å²) in [6.45, 7) is 1.81. The smallest absolute Gasteiger partial charge is 0.181 e. The molecule has 0 radical (unpaired) electrons. The summed E-state index contributed by atoms with van der Waals surface area (Å²) in [5.74, 6) is 0.619. The van der Waals surface area contributed by atoms with Crippen LogP contribution in [0.4, 0.5) is 0 Å². The largest absolute Gasteiger partial charge is 0.442 e. The Hall–Kier alpha value is -1.20. The van der Waals surface area contributed by atoms with Gasteiger partial charge in [-0.15, -0.1) is 11.3 Å². The predicted molar refractivity (Wildman–Crippen MR) is 48.3 cm³/mol. The third-order valence-corrected chi connectivity index (χ3v) is 2.55. The van der Waals surface area contributed by atoms with E-state index in [0.29, 0.717) is 11.5 Å². The summed E-state index contributed by atoms with van der Waals surface area (Å²) < 4.78 is 5.15. The Morgan fingerprint density at radius 2 is 2.38 bits per heavy atom. The first-order valence-electron chi connectivity index (χ1n) is 3.77. The average Bonchev–Trinajstić information content (AvgIpc) is 2.71. The molecule has 0 spiro atoms. The number of thiazole rings is 1. The zero-order valence-corrected chi connectivity index (χ0v) is 7.84. The van der Waals surface area contributed by atoms with Crippen molar-refractivity contribution in [2.75, 3.05) is 0 Å². The molecule has 0 fully saturated rings. The molecule has 2 aromatic rings. The van der Waals surface area contributed by atoms with Crippen molar-refractivity contribution in [3.63, 3.8) is 0 Å². The Balaban J connectivity index is 2.45. The molecule has 4 nitrogen and oxygen atoms in total. The van der Waals surface area contributed by atoms with Crippen LogP contribution in [0.1, 0.15) is 10.7 Å². The van der Waals surface area contributed by atoms with Crippen molar-refractivity contribution < 1.29 is 9.52 Å². The van der Waals surface area contributed by atoms with E-state index in [2.05, 4.69) is 9.97 Å². The zero-order valence-electron chi connectivity index (χ0n) is 7.02. The zero-order chi connectivity index (χ0) is 9.26. The van der Waals surface area contributed by atoms with Crippen LogP contribution in [0.5, 0.6) is 0 Å². The van der Waals surface area contributed by atoms with Crippen molar-refractivity contribution in [3.8, 4) is 10.6 Å². The maximum Gasteiger partial charge on any atom is 0.181 e. The second-order valence-electron chi connectivity index (χ2n) is 2.53. The highest BCUT2D eigenvalue weighted by atomic mass is 32.1. The highest BCUT2D eigenvalue weighted by molar-refractivity contribution is 7.15. The lowest BCUT2D eigenvalue weighted by atomic mass is 10.3. The molecule has 5 heteroatoms. The van der Waals surface area contributed by atoms with E-state index in [0.717, 1.165) is 9.88 Å². The van der Waals surface area contributed by atoms with Gasteiger partial charge in [-0.3, -0.25) is 0 Å². The van der Waals surface area contributed by atoms with Crippen LogP contribution in [-0.2, 0) is 6.61 Å². The number of aliphatic hydroxyl groups is 1. The number of rotatable bonds is 2. The number of aromatic nitrogens is 2. The molecule has 2 heterocycles. The Kier molecular flexibility index (Phi) is 2.12. The summed E-state index contributed by atoms with van der Waals surface area (Å²) in [5.41, 5.74) is 0.559. The van der Waals surface area contributed by atoms with Crippen molar-refractivity contribution in [3.05, 3.63) is 23.3 Å². The van der Waals surface area contributed by atoms with Gasteiger partial charge in [-0.25, -0.2) is 9.97 Å². The van der Waals surface area contributed by atoms with Gasteiger partial charge in [-0.1, -0.05) is 0 Å². The fourth-order valence-corrected chi connectivity index (χ4v) is 1.84. The van der Waals surface area contributed by atoms with Gasteiger partial charge < -0.3 is 9.52 Å². The summed E-state index contributed by atoms with van der Waals surface area (Å²) >= 11 is 1.52. The Morgan fingerprint density at radius 1 is 1.54 bits per heavy atom. The van der Waals surface area contributed by atoms with Gasteiger partial charge in [-0.05, 0) is 6.92 Å². The highest BCUT2D eigenvalue weighted by Crippen LogP contribution is 2.28. The Morgan fingerprint density at radius 3 is 3.00 bits per heavy atom. The van der Waals surface area contributed by atoms with Crippen molar-refractivity contribution in [2.24, 2.45) is 0 Å². The van der Waals surface area contributed by atoms with E-state index in [1.807, 2.05) is 6.92 Å². The summed E-state index contributed by atoms with van der Waals surface area (Å²) in [4.78, 5) is 8.88. The molecule has 2 aromatic heterocycles. The number of hydrogen-bond donors (Lipinski definition) is 1. The number of aryl methyl sites for hydroxylation is 1. The Labute approximate surface area is 78.9 Å². The van der Waals surface area contributed by atoms with Gasteiger partial charge in [0.2, 0.25) is 0 Å². The molecule has 0 aliphatic heterocycles. The number of hydrogen-bond acceptors (Lipinski definition) is 5. The molecule has 2 rings (SSSR count). The molecule has 0 aliphatic carbocycles. The molecule has 0 bridgehead atoms. The minimum absolute atomic E-state index is 0.108.